The first kappa shape index (κ1) is 14.0. The average molecular weight is 299 g/mol. The minimum atomic E-state index is -0.129. The Bertz CT molecular complexity index is 545. The van der Waals surface area contributed by atoms with Crippen molar-refractivity contribution in [2.45, 2.75) is 13.8 Å². The minimum Gasteiger partial charge on any atom is -0.328 e. The number of hydrogen-bond donors (Lipinski definition) is 1. The van der Waals surface area contributed by atoms with E-state index in [-0.39, 0.29) is 5.91 Å². The Hall–Kier alpha value is -1.40. The summed E-state index contributed by atoms with van der Waals surface area (Å²) in [6.07, 6.45) is 3.21. The molecule has 0 bridgehead atoms. The van der Waals surface area contributed by atoms with E-state index in [0.717, 1.165) is 0 Å². The third-order valence-corrected chi connectivity index (χ3v) is 3.34. The molecule has 1 amide bonds. The van der Waals surface area contributed by atoms with E-state index in [1.807, 2.05) is 13.8 Å². The van der Waals surface area contributed by atoms with Gasteiger partial charge in [0.25, 0.3) is 5.91 Å². The Balaban J connectivity index is 2.28. The normalized spacial score (nSPS) is 17.7. The van der Waals surface area contributed by atoms with Crippen molar-refractivity contribution < 1.29 is 4.79 Å². The first-order chi connectivity index (χ1) is 8.90. The predicted molar refractivity (Wildman–Crippen MR) is 78.5 cm³/mol. The molecule has 2 heterocycles. The number of aryl methyl sites for hydroxylation is 1. The maximum atomic E-state index is 12.2. The molecular formula is C12H15ClN4OS. The van der Waals surface area contributed by atoms with Gasteiger partial charge in [-0.05, 0) is 24.2 Å². The van der Waals surface area contributed by atoms with Crippen molar-refractivity contribution in [3.05, 3.63) is 22.6 Å². The number of aromatic nitrogens is 2. The fraction of sp³-hybridized carbons (Fsp3) is 0.417. The molecule has 1 aromatic heterocycles. The lowest BCUT2D eigenvalue weighted by Gasteiger charge is -2.15. The third-order valence-electron chi connectivity index (χ3n) is 2.73. The van der Waals surface area contributed by atoms with Crippen molar-refractivity contribution in [2.24, 2.45) is 13.0 Å². The van der Waals surface area contributed by atoms with Crippen LogP contribution < -0.4 is 5.32 Å². The molecule has 1 aliphatic rings. The second kappa shape index (κ2) is 5.30. The summed E-state index contributed by atoms with van der Waals surface area (Å²) in [6, 6.07) is 0. The van der Waals surface area contributed by atoms with Crippen molar-refractivity contribution in [1.29, 1.82) is 0 Å². The van der Waals surface area contributed by atoms with E-state index in [1.165, 1.54) is 6.20 Å². The molecule has 0 spiro atoms. The molecular weight excluding hydrogens is 284 g/mol. The molecule has 102 valence electrons. The number of amides is 1. The molecule has 0 atom stereocenters. The molecule has 1 aromatic rings. The highest BCUT2D eigenvalue weighted by molar-refractivity contribution is 7.80. The van der Waals surface area contributed by atoms with Gasteiger partial charge in [0.05, 0.1) is 16.9 Å². The van der Waals surface area contributed by atoms with Crippen LogP contribution in [0.4, 0.5) is 0 Å². The molecule has 0 saturated carbocycles. The number of carbonyl (C=O) groups excluding carboxylic acids is 1. The minimum absolute atomic E-state index is 0.129. The quantitative estimate of drug-likeness (QED) is 0.683. The summed E-state index contributed by atoms with van der Waals surface area (Å²) in [5, 5.41) is 7.88. The van der Waals surface area contributed by atoms with Gasteiger partial charge in [-0.25, -0.2) is 0 Å². The maximum absolute atomic E-state index is 12.2. The molecule has 0 unspecified atom stereocenters. The Morgan fingerprint density at radius 2 is 2.26 bits per heavy atom. The number of hydrogen-bond acceptors (Lipinski definition) is 3. The van der Waals surface area contributed by atoms with Gasteiger partial charge >= 0.3 is 0 Å². The van der Waals surface area contributed by atoms with Crippen molar-refractivity contribution in [1.82, 2.24) is 20.0 Å². The monoisotopic (exact) mass is 298 g/mol. The lowest BCUT2D eigenvalue weighted by molar-refractivity contribution is -0.122. The van der Waals surface area contributed by atoms with Crippen LogP contribution in [0.25, 0.3) is 6.08 Å². The maximum Gasteiger partial charge on any atom is 0.276 e. The lowest BCUT2D eigenvalue weighted by Crippen LogP contribution is -2.33. The van der Waals surface area contributed by atoms with Gasteiger partial charge in [-0.2, -0.15) is 5.10 Å². The summed E-state index contributed by atoms with van der Waals surface area (Å²) in [7, 11) is 1.77. The van der Waals surface area contributed by atoms with E-state index in [1.54, 1.807) is 22.7 Å². The molecule has 1 fully saturated rings. The highest BCUT2D eigenvalue weighted by Crippen LogP contribution is 2.20. The van der Waals surface area contributed by atoms with Crippen molar-refractivity contribution in [3.63, 3.8) is 0 Å². The van der Waals surface area contributed by atoms with Gasteiger partial charge in [0.1, 0.15) is 5.70 Å². The van der Waals surface area contributed by atoms with Crippen LogP contribution in [0.2, 0.25) is 5.02 Å². The number of carbonyl (C=O) groups is 1. The van der Waals surface area contributed by atoms with Crippen LogP contribution >= 0.6 is 23.8 Å². The SMILES string of the molecule is CC(C)CN1C(=O)/C(=C\c2c(Cl)cnn2C)NC1=S. The van der Waals surface area contributed by atoms with E-state index in [2.05, 4.69) is 10.4 Å². The van der Waals surface area contributed by atoms with Gasteiger partial charge in [-0.1, -0.05) is 25.4 Å². The molecule has 0 aliphatic carbocycles. The second-order valence-electron chi connectivity index (χ2n) is 4.80. The zero-order valence-electron chi connectivity index (χ0n) is 11.0. The van der Waals surface area contributed by atoms with Gasteiger partial charge in [-0.15, -0.1) is 0 Å². The second-order valence-corrected chi connectivity index (χ2v) is 5.59. The number of rotatable bonds is 3. The Morgan fingerprint density at radius 3 is 2.79 bits per heavy atom. The van der Waals surface area contributed by atoms with Crippen molar-refractivity contribution in [2.75, 3.05) is 6.54 Å². The molecule has 2 rings (SSSR count). The van der Waals surface area contributed by atoms with E-state index >= 15 is 0 Å². The zero-order valence-corrected chi connectivity index (χ0v) is 12.5. The first-order valence-corrected chi connectivity index (χ1v) is 6.70. The molecule has 1 N–H and O–H groups in total. The van der Waals surface area contributed by atoms with Crippen LogP contribution in [-0.2, 0) is 11.8 Å². The molecule has 1 aliphatic heterocycles. The highest BCUT2D eigenvalue weighted by Gasteiger charge is 2.31. The number of nitrogens with zero attached hydrogens (tertiary/aromatic N) is 3. The summed E-state index contributed by atoms with van der Waals surface area (Å²) in [5.74, 6) is 0.222. The molecule has 0 aromatic carbocycles. The zero-order chi connectivity index (χ0) is 14.2. The van der Waals surface area contributed by atoms with E-state index in [0.29, 0.717) is 34.0 Å². The third kappa shape index (κ3) is 2.79. The summed E-state index contributed by atoms with van der Waals surface area (Å²) < 4.78 is 1.61. The number of thiocarbonyl (C=S) groups is 1. The van der Waals surface area contributed by atoms with Gasteiger partial charge in [0, 0.05) is 13.6 Å². The van der Waals surface area contributed by atoms with Crippen LogP contribution in [0.5, 0.6) is 0 Å². The van der Waals surface area contributed by atoms with Crippen LogP contribution in [-0.4, -0.2) is 32.2 Å². The van der Waals surface area contributed by atoms with Crippen LogP contribution in [0, 0.1) is 5.92 Å². The Kier molecular flexibility index (Phi) is 3.91. The molecule has 0 radical (unpaired) electrons. The van der Waals surface area contributed by atoms with E-state index < -0.39 is 0 Å². The first-order valence-electron chi connectivity index (χ1n) is 5.92. The van der Waals surface area contributed by atoms with Gasteiger partial charge in [0.2, 0.25) is 0 Å². The Morgan fingerprint density at radius 1 is 1.58 bits per heavy atom. The molecule has 19 heavy (non-hydrogen) atoms. The van der Waals surface area contributed by atoms with Crippen molar-refractivity contribution >= 4 is 40.9 Å². The topological polar surface area (TPSA) is 50.2 Å². The summed E-state index contributed by atoms with van der Waals surface area (Å²) >= 11 is 11.2. The molecule has 7 heteroatoms. The summed E-state index contributed by atoms with van der Waals surface area (Å²) in [6.45, 7) is 4.67. The van der Waals surface area contributed by atoms with E-state index in [4.69, 9.17) is 23.8 Å². The number of nitrogens with one attached hydrogen (secondary N) is 1. The largest absolute Gasteiger partial charge is 0.328 e. The highest BCUT2D eigenvalue weighted by atomic mass is 35.5. The standard InChI is InChI=1S/C12H15ClN4OS/c1-7(2)6-17-11(18)9(15-12(17)19)4-10-8(13)5-14-16(10)3/h4-5,7H,6H2,1-3H3,(H,15,19)/b9-4+. The van der Waals surface area contributed by atoms with Gasteiger partial charge in [0.15, 0.2) is 5.11 Å². The predicted octanol–water partition coefficient (Wildman–Crippen LogP) is 1.79. The summed E-state index contributed by atoms with van der Waals surface area (Å²) in [5.41, 5.74) is 1.10. The van der Waals surface area contributed by atoms with Gasteiger partial charge in [-0.3, -0.25) is 14.4 Å². The fourth-order valence-corrected chi connectivity index (χ4v) is 2.31. The molecule has 1 saturated heterocycles. The van der Waals surface area contributed by atoms with Gasteiger partial charge < -0.3 is 5.32 Å². The van der Waals surface area contributed by atoms with Crippen LogP contribution in [0.15, 0.2) is 11.9 Å². The summed E-state index contributed by atoms with van der Waals surface area (Å²) in [4.78, 5) is 13.8. The smallest absolute Gasteiger partial charge is 0.276 e. The fourth-order valence-electron chi connectivity index (χ4n) is 1.82. The van der Waals surface area contributed by atoms with Crippen LogP contribution in [0.3, 0.4) is 0 Å². The Labute approximate surface area is 122 Å². The van der Waals surface area contributed by atoms with Crippen molar-refractivity contribution in [3.8, 4) is 0 Å². The average Bonchev–Trinajstić information content (AvgIpc) is 2.77. The molecule has 5 nitrogen and oxygen atoms in total. The van der Waals surface area contributed by atoms with Crippen LogP contribution in [0.1, 0.15) is 19.5 Å². The van der Waals surface area contributed by atoms with E-state index in [9.17, 15) is 4.79 Å². The lowest BCUT2D eigenvalue weighted by atomic mass is 10.2. The number of halogens is 1.